The van der Waals surface area contributed by atoms with Crippen molar-refractivity contribution in [3.63, 3.8) is 0 Å². The van der Waals surface area contributed by atoms with Gasteiger partial charge in [-0.05, 0) is 50.1 Å². The summed E-state index contributed by atoms with van der Waals surface area (Å²) in [5, 5.41) is 7.69. The number of aromatic nitrogens is 2. The Bertz CT molecular complexity index is 969. The highest BCUT2D eigenvalue weighted by molar-refractivity contribution is 9.10. The third-order valence-corrected chi connectivity index (χ3v) is 6.33. The van der Waals surface area contributed by atoms with Gasteiger partial charge in [0.2, 0.25) is 5.91 Å². The zero-order valence-corrected chi connectivity index (χ0v) is 18.7. The summed E-state index contributed by atoms with van der Waals surface area (Å²) in [7, 11) is 0. The van der Waals surface area contributed by atoms with Crippen LogP contribution in [0.5, 0.6) is 0 Å². The Morgan fingerprint density at radius 1 is 1.14 bits per heavy atom. The molecule has 3 rings (SSSR count). The molecule has 146 valence electrons. The number of benzene rings is 2. The van der Waals surface area contributed by atoms with E-state index < -0.39 is 0 Å². The van der Waals surface area contributed by atoms with Crippen LogP contribution in [0.2, 0.25) is 0 Å². The molecule has 3 aromatic rings. The van der Waals surface area contributed by atoms with Crippen molar-refractivity contribution >= 4 is 33.6 Å². The smallest absolute Gasteiger partial charge is 0.230 e. The van der Waals surface area contributed by atoms with Crippen LogP contribution in [-0.2, 0) is 17.9 Å². The van der Waals surface area contributed by atoms with Crippen molar-refractivity contribution in [2.45, 2.75) is 38.8 Å². The summed E-state index contributed by atoms with van der Waals surface area (Å²) in [5.74, 6) is 0.431. The second kappa shape index (κ2) is 9.43. The molecule has 1 N–H and O–H groups in total. The number of carbonyl (C=O) groups is 1. The molecule has 0 saturated heterocycles. The van der Waals surface area contributed by atoms with E-state index in [1.165, 1.54) is 11.1 Å². The molecule has 0 aliphatic carbocycles. The Hall–Kier alpha value is -2.05. The van der Waals surface area contributed by atoms with E-state index in [0.717, 1.165) is 32.9 Å². The monoisotopic (exact) mass is 457 g/mol. The van der Waals surface area contributed by atoms with Crippen molar-refractivity contribution in [3.05, 3.63) is 81.1 Å². The molecule has 0 spiro atoms. The summed E-state index contributed by atoms with van der Waals surface area (Å²) in [6.45, 7) is 7.35. The molecular weight excluding hydrogens is 434 g/mol. The van der Waals surface area contributed by atoms with Crippen molar-refractivity contribution in [2.24, 2.45) is 0 Å². The molecular formula is C22H24BrN3OS. The number of hydrogen-bond donors (Lipinski definition) is 1. The topological polar surface area (TPSA) is 46.9 Å². The first-order valence-corrected chi connectivity index (χ1v) is 10.9. The van der Waals surface area contributed by atoms with Gasteiger partial charge in [0.05, 0.1) is 18.0 Å². The van der Waals surface area contributed by atoms with Crippen LogP contribution in [0.25, 0.3) is 0 Å². The Labute approximate surface area is 178 Å². The standard InChI is InChI=1S/C22H24BrN3OS/c1-15-11-19(23)9-10-21(15)28-14-22(27)24-12-20-16(2)25-26(17(20)3)13-18-7-5-4-6-8-18/h4-11H,12-14H2,1-3H3,(H,24,27). The first-order valence-electron chi connectivity index (χ1n) is 9.16. The van der Waals surface area contributed by atoms with Gasteiger partial charge in [0.15, 0.2) is 0 Å². The van der Waals surface area contributed by atoms with E-state index in [9.17, 15) is 4.79 Å². The minimum absolute atomic E-state index is 0.0296. The van der Waals surface area contributed by atoms with Crippen LogP contribution in [0.3, 0.4) is 0 Å². The number of rotatable bonds is 7. The molecule has 1 aromatic heterocycles. The van der Waals surface area contributed by atoms with Crippen LogP contribution in [-0.4, -0.2) is 21.4 Å². The average Bonchev–Trinajstić information content (AvgIpc) is 2.93. The minimum atomic E-state index is 0.0296. The van der Waals surface area contributed by atoms with E-state index in [-0.39, 0.29) is 5.91 Å². The maximum atomic E-state index is 12.3. The van der Waals surface area contributed by atoms with Gasteiger partial charge >= 0.3 is 0 Å². The second-order valence-corrected chi connectivity index (χ2v) is 8.70. The van der Waals surface area contributed by atoms with E-state index in [1.54, 1.807) is 11.8 Å². The van der Waals surface area contributed by atoms with Crippen molar-refractivity contribution in [1.82, 2.24) is 15.1 Å². The number of amides is 1. The normalized spacial score (nSPS) is 10.9. The maximum Gasteiger partial charge on any atom is 0.230 e. The van der Waals surface area contributed by atoms with E-state index >= 15 is 0 Å². The molecule has 0 aliphatic heterocycles. The lowest BCUT2D eigenvalue weighted by atomic mass is 10.2. The zero-order chi connectivity index (χ0) is 20.1. The lowest BCUT2D eigenvalue weighted by Crippen LogP contribution is -2.25. The summed E-state index contributed by atoms with van der Waals surface area (Å²) >= 11 is 5.03. The third kappa shape index (κ3) is 5.26. The van der Waals surface area contributed by atoms with Gasteiger partial charge in [0.25, 0.3) is 0 Å². The zero-order valence-electron chi connectivity index (χ0n) is 16.3. The van der Waals surface area contributed by atoms with E-state index in [4.69, 9.17) is 0 Å². The second-order valence-electron chi connectivity index (χ2n) is 6.77. The average molecular weight is 458 g/mol. The van der Waals surface area contributed by atoms with Crippen LogP contribution in [0.1, 0.15) is 28.1 Å². The molecule has 0 radical (unpaired) electrons. The van der Waals surface area contributed by atoms with Gasteiger partial charge in [-0.15, -0.1) is 11.8 Å². The highest BCUT2D eigenvalue weighted by atomic mass is 79.9. The minimum Gasteiger partial charge on any atom is -0.351 e. The van der Waals surface area contributed by atoms with Gasteiger partial charge in [0, 0.05) is 27.2 Å². The maximum absolute atomic E-state index is 12.3. The third-order valence-electron chi connectivity index (χ3n) is 4.66. The lowest BCUT2D eigenvalue weighted by Gasteiger charge is -2.08. The number of nitrogens with zero attached hydrogens (tertiary/aromatic N) is 2. The fourth-order valence-corrected chi connectivity index (χ4v) is 4.37. The summed E-state index contributed by atoms with van der Waals surface area (Å²) in [6.07, 6.45) is 0. The highest BCUT2D eigenvalue weighted by Gasteiger charge is 2.13. The molecule has 1 heterocycles. The van der Waals surface area contributed by atoms with Gasteiger partial charge in [-0.25, -0.2) is 0 Å². The van der Waals surface area contributed by atoms with E-state index in [0.29, 0.717) is 12.3 Å². The number of hydrogen-bond acceptors (Lipinski definition) is 3. The Balaban J connectivity index is 1.57. The van der Waals surface area contributed by atoms with Gasteiger partial charge in [-0.2, -0.15) is 5.10 Å². The quantitative estimate of drug-likeness (QED) is 0.506. The predicted molar refractivity (Wildman–Crippen MR) is 119 cm³/mol. The molecule has 0 unspecified atom stereocenters. The molecule has 6 heteroatoms. The number of carbonyl (C=O) groups excluding carboxylic acids is 1. The van der Waals surface area contributed by atoms with E-state index in [1.807, 2.05) is 41.9 Å². The number of nitrogens with one attached hydrogen (secondary N) is 1. The molecule has 1 amide bonds. The van der Waals surface area contributed by atoms with Gasteiger partial charge < -0.3 is 5.32 Å². The van der Waals surface area contributed by atoms with Crippen molar-refractivity contribution < 1.29 is 4.79 Å². The molecule has 0 bridgehead atoms. The highest BCUT2D eigenvalue weighted by Crippen LogP contribution is 2.25. The van der Waals surface area contributed by atoms with Crippen LogP contribution in [0.15, 0.2) is 57.9 Å². The van der Waals surface area contributed by atoms with Crippen LogP contribution >= 0.6 is 27.7 Å². The van der Waals surface area contributed by atoms with Crippen LogP contribution < -0.4 is 5.32 Å². The van der Waals surface area contributed by atoms with E-state index in [2.05, 4.69) is 58.4 Å². The Morgan fingerprint density at radius 3 is 2.61 bits per heavy atom. The van der Waals surface area contributed by atoms with Crippen LogP contribution in [0.4, 0.5) is 0 Å². The molecule has 4 nitrogen and oxygen atoms in total. The fraction of sp³-hybridized carbons (Fsp3) is 0.273. The SMILES string of the molecule is Cc1cc(Br)ccc1SCC(=O)NCc1c(C)nn(Cc2ccccc2)c1C. The molecule has 0 fully saturated rings. The van der Waals surface area contributed by atoms with Crippen LogP contribution in [0, 0.1) is 20.8 Å². The predicted octanol–water partition coefficient (Wildman–Crippen LogP) is 5.03. The van der Waals surface area contributed by atoms with Gasteiger partial charge in [0.1, 0.15) is 0 Å². The number of halogens is 1. The lowest BCUT2D eigenvalue weighted by molar-refractivity contribution is -0.118. The van der Waals surface area contributed by atoms with Gasteiger partial charge in [-0.1, -0.05) is 46.3 Å². The van der Waals surface area contributed by atoms with Crippen molar-refractivity contribution in [2.75, 3.05) is 5.75 Å². The Morgan fingerprint density at radius 2 is 1.89 bits per heavy atom. The first-order chi connectivity index (χ1) is 13.4. The molecule has 0 aliphatic rings. The first kappa shape index (κ1) is 20.7. The fourth-order valence-electron chi connectivity index (χ4n) is 3.06. The largest absolute Gasteiger partial charge is 0.351 e. The summed E-state index contributed by atoms with van der Waals surface area (Å²) in [6, 6.07) is 16.4. The number of thioether (sulfide) groups is 1. The van der Waals surface area contributed by atoms with Crippen molar-refractivity contribution in [3.8, 4) is 0 Å². The summed E-state index contributed by atoms with van der Waals surface area (Å²) in [4.78, 5) is 13.4. The molecule has 0 atom stereocenters. The van der Waals surface area contributed by atoms with Gasteiger partial charge in [-0.3, -0.25) is 9.48 Å². The number of aryl methyl sites for hydroxylation is 2. The summed E-state index contributed by atoms with van der Waals surface area (Å²) in [5.41, 5.74) is 5.53. The summed E-state index contributed by atoms with van der Waals surface area (Å²) < 4.78 is 3.06. The molecule has 0 saturated carbocycles. The Kier molecular flexibility index (Phi) is 6.97. The molecule has 28 heavy (non-hydrogen) atoms. The van der Waals surface area contributed by atoms with Crippen molar-refractivity contribution in [1.29, 1.82) is 0 Å². The molecule has 2 aromatic carbocycles.